The quantitative estimate of drug-likeness (QED) is 0.258. The Morgan fingerprint density at radius 1 is 1.03 bits per heavy atom. The van der Waals surface area contributed by atoms with E-state index in [1.165, 1.54) is 27.3 Å². The van der Waals surface area contributed by atoms with Crippen LogP contribution in [-0.2, 0) is 12.8 Å². The van der Waals surface area contributed by atoms with Crippen molar-refractivity contribution < 1.29 is 9.13 Å². The predicted octanol–water partition coefficient (Wildman–Crippen LogP) is 8.01. The number of fused-ring (bicyclic) bond motifs is 2. The second-order valence-electron chi connectivity index (χ2n) is 8.79. The van der Waals surface area contributed by atoms with Gasteiger partial charge in [0.05, 0.1) is 12.8 Å². The molecule has 4 nitrogen and oxygen atoms in total. The highest BCUT2D eigenvalue weighted by Gasteiger charge is 2.34. The fourth-order valence-corrected chi connectivity index (χ4v) is 5.25. The average molecular weight is 490 g/mol. The predicted molar refractivity (Wildman–Crippen MR) is 146 cm³/mol. The van der Waals surface area contributed by atoms with Crippen molar-refractivity contribution in [2.24, 2.45) is 5.92 Å². The number of methoxy groups -OCH3 is 1. The summed E-state index contributed by atoms with van der Waals surface area (Å²) in [5, 5.41) is 0. The largest absolute Gasteiger partial charge is 0.497 e. The first-order valence-electron chi connectivity index (χ1n) is 13.3. The minimum atomic E-state index is -0.286. The number of pyridine rings is 2. The number of nitrogens with zero attached hydrogens (tertiary/aromatic N) is 3. The van der Waals surface area contributed by atoms with Crippen LogP contribution in [-0.4, -0.2) is 21.5 Å². The molecule has 0 saturated heterocycles. The lowest BCUT2D eigenvalue weighted by Crippen LogP contribution is -2.26. The zero-order valence-electron chi connectivity index (χ0n) is 22.5. The van der Waals surface area contributed by atoms with Gasteiger partial charge in [0, 0.05) is 24.0 Å². The van der Waals surface area contributed by atoms with Crippen LogP contribution in [0.15, 0.2) is 67.0 Å². The third-order valence-corrected chi connectivity index (χ3v) is 6.98. The average Bonchev–Trinajstić information content (AvgIpc) is 3.37. The highest BCUT2D eigenvalue weighted by molar-refractivity contribution is 5.40. The number of halogens is 1. The Hall–Kier alpha value is -3.21. The van der Waals surface area contributed by atoms with Gasteiger partial charge in [-0.1, -0.05) is 58.9 Å². The molecule has 0 saturated carbocycles. The monoisotopic (exact) mass is 489 g/mol. The van der Waals surface area contributed by atoms with E-state index in [1.807, 2.05) is 64.4 Å². The molecule has 192 valence electrons. The van der Waals surface area contributed by atoms with Crippen LogP contribution in [0.1, 0.15) is 81.8 Å². The molecule has 5 rings (SSSR count). The number of hydrogen-bond acceptors (Lipinski definition) is 3. The van der Waals surface area contributed by atoms with E-state index < -0.39 is 0 Å². The molecule has 0 aliphatic heterocycles. The first-order chi connectivity index (χ1) is 17.6. The molecule has 1 unspecified atom stereocenters. The van der Waals surface area contributed by atoms with E-state index in [4.69, 9.17) is 14.7 Å². The van der Waals surface area contributed by atoms with Crippen molar-refractivity contribution in [2.75, 3.05) is 7.11 Å². The van der Waals surface area contributed by atoms with Crippen LogP contribution < -0.4 is 4.74 Å². The molecule has 0 fully saturated rings. The second kappa shape index (κ2) is 13.2. The Morgan fingerprint density at radius 3 is 2.47 bits per heavy atom. The Kier molecular flexibility index (Phi) is 10.0. The van der Waals surface area contributed by atoms with E-state index in [1.54, 1.807) is 13.2 Å². The maximum Gasteiger partial charge on any atom is 0.199 e. The molecule has 1 aliphatic carbocycles. The van der Waals surface area contributed by atoms with Crippen molar-refractivity contribution in [1.29, 1.82) is 0 Å². The summed E-state index contributed by atoms with van der Waals surface area (Å²) < 4.78 is 21.2. The molecule has 0 N–H and O–H groups in total. The summed E-state index contributed by atoms with van der Waals surface area (Å²) in [5.74, 6) is 1.49. The van der Waals surface area contributed by atoms with Gasteiger partial charge in [0.2, 0.25) is 0 Å². The van der Waals surface area contributed by atoms with Gasteiger partial charge >= 0.3 is 0 Å². The maximum atomic E-state index is 14.3. The van der Waals surface area contributed by atoms with E-state index in [0.29, 0.717) is 17.5 Å². The number of ether oxygens (including phenoxy) is 1. The molecule has 5 heteroatoms. The highest BCUT2D eigenvalue weighted by atomic mass is 19.1. The van der Waals surface area contributed by atoms with Crippen molar-refractivity contribution in [3.05, 3.63) is 95.5 Å². The molecule has 1 aromatic carbocycles. The normalized spacial score (nSPS) is 16.0. The Morgan fingerprint density at radius 2 is 1.78 bits per heavy atom. The van der Waals surface area contributed by atoms with Crippen LogP contribution in [0, 0.1) is 11.9 Å². The number of benzene rings is 1. The lowest BCUT2D eigenvalue weighted by atomic mass is 9.70. The summed E-state index contributed by atoms with van der Waals surface area (Å²) in [6, 6.07) is 17.6. The van der Waals surface area contributed by atoms with Gasteiger partial charge in [0.25, 0.3) is 0 Å². The van der Waals surface area contributed by atoms with Crippen LogP contribution in [0.4, 0.5) is 4.39 Å². The van der Waals surface area contributed by atoms with E-state index in [9.17, 15) is 4.39 Å². The van der Waals surface area contributed by atoms with Gasteiger partial charge < -0.3 is 4.74 Å². The van der Waals surface area contributed by atoms with Crippen molar-refractivity contribution >= 4 is 5.65 Å². The zero-order chi connectivity index (χ0) is 26.1. The van der Waals surface area contributed by atoms with Crippen LogP contribution in [0.25, 0.3) is 5.65 Å². The Bertz CT molecular complexity index is 1220. The van der Waals surface area contributed by atoms with Gasteiger partial charge in [-0.05, 0) is 79.0 Å². The molecular weight excluding hydrogens is 449 g/mol. The SMILES string of the molecule is CC.CC.COc1ccc([C@H](C)C(Cc2cn3c(F)cccc3n2)[C@H]2CCCc3cccnc32)cc1. The summed E-state index contributed by atoms with van der Waals surface area (Å²) in [6.45, 7) is 10.3. The third kappa shape index (κ3) is 5.95. The van der Waals surface area contributed by atoms with Crippen molar-refractivity contribution in [3.8, 4) is 5.75 Å². The number of aryl methyl sites for hydroxylation is 1. The van der Waals surface area contributed by atoms with Crippen LogP contribution in [0.5, 0.6) is 5.75 Å². The van der Waals surface area contributed by atoms with Crippen LogP contribution in [0.2, 0.25) is 0 Å². The summed E-state index contributed by atoms with van der Waals surface area (Å²) >= 11 is 0. The highest BCUT2D eigenvalue weighted by Crippen LogP contribution is 2.43. The summed E-state index contributed by atoms with van der Waals surface area (Å²) in [5.41, 5.74) is 5.42. The van der Waals surface area contributed by atoms with E-state index >= 15 is 0 Å². The molecule has 0 amide bonds. The second-order valence-corrected chi connectivity index (χ2v) is 8.79. The smallest absolute Gasteiger partial charge is 0.199 e. The van der Waals surface area contributed by atoms with Gasteiger partial charge in [-0.3, -0.25) is 9.38 Å². The number of imidazole rings is 1. The molecule has 3 heterocycles. The zero-order valence-corrected chi connectivity index (χ0v) is 22.5. The van der Waals surface area contributed by atoms with Gasteiger partial charge in [-0.15, -0.1) is 0 Å². The summed E-state index contributed by atoms with van der Waals surface area (Å²) in [4.78, 5) is 9.57. The molecule has 3 atom stereocenters. The van der Waals surface area contributed by atoms with Crippen molar-refractivity contribution in [2.45, 2.75) is 72.1 Å². The molecule has 4 aromatic rings. The lowest BCUT2D eigenvalue weighted by molar-refractivity contribution is 0.322. The fourth-order valence-electron chi connectivity index (χ4n) is 5.25. The minimum absolute atomic E-state index is 0.286. The van der Waals surface area contributed by atoms with Gasteiger partial charge in [-0.2, -0.15) is 4.39 Å². The Labute approximate surface area is 215 Å². The van der Waals surface area contributed by atoms with Gasteiger partial charge in [-0.25, -0.2) is 4.98 Å². The fraction of sp³-hybridized carbons (Fsp3) is 0.419. The first kappa shape index (κ1) is 27.4. The molecule has 1 aliphatic rings. The van der Waals surface area contributed by atoms with E-state index in [2.05, 4.69) is 25.1 Å². The molecule has 0 radical (unpaired) electrons. The van der Waals surface area contributed by atoms with Crippen LogP contribution >= 0.6 is 0 Å². The number of hydrogen-bond donors (Lipinski definition) is 0. The topological polar surface area (TPSA) is 39.4 Å². The number of rotatable bonds is 6. The minimum Gasteiger partial charge on any atom is -0.497 e. The number of aromatic nitrogens is 3. The Balaban J connectivity index is 0.000000861. The lowest BCUT2D eigenvalue weighted by Gasteiger charge is -2.35. The van der Waals surface area contributed by atoms with E-state index in [0.717, 1.165) is 37.1 Å². The molecule has 0 spiro atoms. The maximum absolute atomic E-state index is 14.3. The van der Waals surface area contributed by atoms with Crippen LogP contribution in [0.3, 0.4) is 0 Å². The van der Waals surface area contributed by atoms with Crippen molar-refractivity contribution in [1.82, 2.24) is 14.4 Å². The van der Waals surface area contributed by atoms with Gasteiger partial charge in [0.15, 0.2) is 5.95 Å². The molecule has 3 aromatic heterocycles. The first-order valence-corrected chi connectivity index (χ1v) is 13.3. The third-order valence-electron chi connectivity index (χ3n) is 6.98. The van der Waals surface area contributed by atoms with Crippen molar-refractivity contribution in [3.63, 3.8) is 0 Å². The molecular formula is C31H40FN3O. The standard InChI is InChI=1S/C27H28FN3O.2C2H6/c1-18(19-11-13-22(32-2)14-12-19)24(23-8-3-6-20-7-5-15-29-27(20)23)16-21-17-31-25(28)9-4-10-26(31)30-21;2*1-2/h4-5,7,9-15,17-18,23-24H,3,6,8,16H2,1-2H3;2*1-2H3/t18-,23+,24?;;/m0../s1. The van der Waals surface area contributed by atoms with Gasteiger partial charge in [0.1, 0.15) is 11.4 Å². The van der Waals surface area contributed by atoms with E-state index in [-0.39, 0.29) is 11.9 Å². The summed E-state index contributed by atoms with van der Waals surface area (Å²) in [7, 11) is 1.69. The summed E-state index contributed by atoms with van der Waals surface area (Å²) in [6.07, 6.45) is 7.89. The molecule has 0 bridgehead atoms. The molecule has 36 heavy (non-hydrogen) atoms.